The van der Waals surface area contributed by atoms with Crippen molar-refractivity contribution < 1.29 is 28.8 Å². The van der Waals surface area contributed by atoms with Gasteiger partial charge in [-0.25, -0.2) is 4.79 Å². The summed E-state index contributed by atoms with van der Waals surface area (Å²) in [6, 6.07) is 6.26. The third-order valence-corrected chi connectivity index (χ3v) is 14.1. The SMILES string of the molecule is C=CCCC(NC(=O)[C@@H]1[C@@H]2[C@H](CN1C(=O)[C@@H](NC(=O)NC13CC4CC(CC(C4)C1)C3)C1CCCCC1)C2(C)C)C(=O)C(=O)NCC(=O)NCc1ccccc1. The molecule has 1 heterocycles. The molecule has 5 atom stereocenters. The Balaban J connectivity index is 1.02. The van der Waals surface area contributed by atoms with Crippen LogP contribution in [0.3, 0.4) is 0 Å². The van der Waals surface area contributed by atoms with Crippen molar-refractivity contribution in [3.63, 3.8) is 0 Å². The molecule has 4 bridgehead atoms. The quantitative estimate of drug-likeness (QED) is 0.133. The van der Waals surface area contributed by atoms with Crippen LogP contribution in [0.4, 0.5) is 4.79 Å². The molecule has 1 aromatic carbocycles. The highest BCUT2D eigenvalue weighted by molar-refractivity contribution is 6.38. The first-order chi connectivity index (χ1) is 26.4. The van der Waals surface area contributed by atoms with Gasteiger partial charge in [0, 0.05) is 18.6 Å². The first-order valence-electron chi connectivity index (χ1n) is 20.8. The number of ketones is 1. The molecule has 5 N–H and O–H groups in total. The van der Waals surface area contributed by atoms with E-state index in [1.165, 1.54) is 19.3 Å². The number of Topliss-reactive ketones (excluding diaryl/α,β-unsaturated/α-hetero) is 1. The van der Waals surface area contributed by atoms with E-state index in [-0.39, 0.29) is 53.6 Å². The summed E-state index contributed by atoms with van der Waals surface area (Å²) in [5.74, 6) is -1.08. The monoisotopic (exact) mass is 756 g/mol. The number of likely N-dealkylation sites (tertiary alicyclic amines) is 1. The molecular formula is C43H60N6O6. The summed E-state index contributed by atoms with van der Waals surface area (Å²) in [6.07, 6.45) is 13.6. The van der Waals surface area contributed by atoms with Crippen molar-refractivity contribution in [1.29, 1.82) is 0 Å². The Morgan fingerprint density at radius 1 is 0.891 bits per heavy atom. The lowest BCUT2D eigenvalue weighted by Crippen LogP contribution is -2.64. The van der Waals surface area contributed by atoms with Crippen LogP contribution in [-0.4, -0.2) is 77.1 Å². The van der Waals surface area contributed by atoms with E-state index in [2.05, 4.69) is 47.0 Å². The fourth-order valence-corrected chi connectivity index (χ4v) is 11.6. The Labute approximate surface area is 325 Å². The summed E-state index contributed by atoms with van der Waals surface area (Å²) < 4.78 is 0. The molecule has 55 heavy (non-hydrogen) atoms. The number of urea groups is 1. The zero-order valence-corrected chi connectivity index (χ0v) is 32.6. The van der Waals surface area contributed by atoms with E-state index < -0.39 is 48.2 Å². The van der Waals surface area contributed by atoms with Crippen LogP contribution in [0.2, 0.25) is 0 Å². The second-order valence-electron chi connectivity index (χ2n) is 18.3. The van der Waals surface area contributed by atoms with Crippen LogP contribution in [0.25, 0.3) is 0 Å². The van der Waals surface area contributed by atoms with Crippen LogP contribution in [0.15, 0.2) is 43.0 Å². The summed E-state index contributed by atoms with van der Waals surface area (Å²) in [5.41, 5.74) is 0.507. The van der Waals surface area contributed by atoms with Crippen LogP contribution in [0, 0.1) is 40.9 Å². The molecule has 1 saturated heterocycles. The summed E-state index contributed by atoms with van der Waals surface area (Å²) in [5, 5.41) is 14.5. The number of nitrogens with zero attached hydrogens (tertiary/aromatic N) is 1. The summed E-state index contributed by atoms with van der Waals surface area (Å²) >= 11 is 0. The predicted octanol–water partition coefficient (Wildman–Crippen LogP) is 4.14. The van der Waals surface area contributed by atoms with E-state index in [1.807, 2.05) is 30.3 Å². The molecular weight excluding hydrogens is 697 g/mol. The Bertz CT molecular complexity index is 1620. The minimum absolute atomic E-state index is 0.0347. The number of carbonyl (C=O) groups excluding carboxylic acids is 6. The fraction of sp³-hybridized carbons (Fsp3) is 0.674. The zero-order valence-electron chi connectivity index (χ0n) is 32.6. The van der Waals surface area contributed by atoms with Gasteiger partial charge >= 0.3 is 6.03 Å². The van der Waals surface area contributed by atoms with Gasteiger partial charge in [0.05, 0.1) is 12.6 Å². The molecule has 6 aliphatic carbocycles. The number of amides is 6. The van der Waals surface area contributed by atoms with Gasteiger partial charge in [-0.05, 0) is 111 Å². The summed E-state index contributed by atoms with van der Waals surface area (Å²) in [7, 11) is 0. The highest BCUT2D eigenvalue weighted by Crippen LogP contribution is 2.65. The van der Waals surface area contributed by atoms with E-state index >= 15 is 0 Å². The average molecular weight is 757 g/mol. The molecule has 6 amide bonds. The van der Waals surface area contributed by atoms with Crippen LogP contribution in [-0.2, 0) is 30.5 Å². The van der Waals surface area contributed by atoms with Crippen molar-refractivity contribution in [2.45, 2.75) is 128 Å². The van der Waals surface area contributed by atoms with Gasteiger partial charge in [-0.2, -0.15) is 0 Å². The van der Waals surface area contributed by atoms with Gasteiger partial charge in [0.1, 0.15) is 12.1 Å². The molecule has 8 rings (SSSR count). The smallest absolute Gasteiger partial charge is 0.315 e. The van der Waals surface area contributed by atoms with Gasteiger partial charge in [0.25, 0.3) is 5.91 Å². The molecule has 1 unspecified atom stereocenters. The van der Waals surface area contributed by atoms with Crippen LogP contribution in [0.1, 0.15) is 103 Å². The molecule has 12 heteroatoms. The third-order valence-electron chi connectivity index (χ3n) is 14.1. The van der Waals surface area contributed by atoms with Crippen molar-refractivity contribution in [1.82, 2.24) is 31.5 Å². The number of hydrogen-bond donors (Lipinski definition) is 5. The molecule has 298 valence electrons. The second-order valence-corrected chi connectivity index (χ2v) is 18.3. The van der Waals surface area contributed by atoms with Crippen molar-refractivity contribution in [3.05, 3.63) is 48.6 Å². The molecule has 7 fully saturated rings. The Morgan fingerprint density at radius 3 is 2.18 bits per heavy atom. The summed E-state index contributed by atoms with van der Waals surface area (Å²) in [4.78, 5) is 83.6. The number of allylic oxidation sites excluding steroid dienone is 1. The fourth-order valence-electron chi connectivity index (χ4n) is 11.6. The van der Waals surface area contributed by atoms with Crippen LogP contribution in [0.5, 0.6) is 0 Å². The van der Waals surface area contributed by atoms with Crippen molar-refractivity contribution in [2.24, 2.45) is 40.9 Å². The first-order valence-corrected chi connectivity index (χ1v) is 20.8. The van der Waals surface area contributed by atoms with Gasteiger partial charge in [-0.3, -0.25) is 24.0 Å². The Hall–Kier alpha value is -4.22. The lowest BCUT2D eigenvalue weighted by molar-refractivity contribution is -0.145. The van der Waals surface area contributed by atoms with Crippen LogP contribution >= 0.6 is 0 Å². The molecule has 0 spiro atoms. The third kappa shape index (κ3) is 8.48. The largest absolute Gasteiger partial charge is 0.350 e. The average Bonchev–Trinajstić information content (AvgIpc) is 3.46. The molecule has 0 radical (unpaired) electrons. The molecule has 1 aliphatic heterocycles. The zero-order chi connectivity index (χ0) is 38.9. The number of rotatable bonds is 15. The molecule has 7 aliphatic rings. The number of hydrogen-bond acceptors (Lipinski definition) is 6. The van der Waals surface area contributed by atoms with Gasteiger partial charge < -0.3 is 31.5 Å². The standard InChI is InChI=1S/C43H60N6O6/c1-4-5-16-32(37(51)39(53)45-24-33(50)44-23-26-12-8-6-9-13-26)46-38(52)36-34-31(42(34,2)3)25-49(36)40(54)35(30-14-10-7-11-15-30)47-41(55)48-43-20-27-17-28(21-43)19-29(18-27)22-43/h4,6,8-9,12-13,27-32,34-36H,1,5,7,10-11,14-25H2,2-3H3,(H,44,50)(H,45,53)(H,46,52)(H2,47,48,55)/t27?,28?,29?,31-,32?,34-,35-,36-,43?/m0/s1. The van der Waals surface area contributed by atoms with Gasteiger partial charge in [0.15, 0.2) is 0 Å². The lowest BCUT2D eigenvalue weighted by atomic mass is 9.53. The Morgan fingerprint density at radius 2 is 1.55 bits per heavy atom. The molecule has 1 aromatic rings. The number of fused-ring (bicyclic) bond motifs is 1. The molecule has 12 nitrogen and oxygen atoms in total. The van der Waals surface area contributed by atoms with Gasteiger partial charge in [-0.15, -0.1) is 6.58 Å². The second kappa shape index (κ2) is 16.1. The van der Waals surface area contributed by atoms with Crippen molar-refractivity contribution in [3.8, 4) is 0 Å². The van der Waals surface area contributed by atoms with Crippen molar-refractivity contribution >= 4 is 35.4 Å². The highest BCUT2D eigenvalue weighted by atomic mass is 16.2. The van der Waals surface area contributed by atoms with E-state index in [0.29, 0.717) is 30.7 Å². The molecule has 6 saturated carbocycles. The van der Waals surface area contributed by atoms with E-state index in [0.717, 1.165) is 56.9 Å². The number of piperidine rings is 1. The van der Waals surface area contributed by atoms with Gasteiger partial charge in [-0.1, -0.05) is 69.5 Å². The number of carbonyl (C=O) groups is 6. The number of benzene rings is 1. The Kier molecular flexibility index (Phi) is 11.4. The van der Waals surface area contributed by atoms with Crippen LogP contribution < -0.4 is 26.6 Å². The highest BCUT2D eigenvalue weighted by Gasteiger charge is 2.70. The molecule has 0 aromatic heterocycles. The minimum atomic E-state index is -1.17. The maximum atomic E-state index is 14.8. The van der Waals surface area contributed by atoms with Crippen molar-refractivity contribution in [2.75, 3.05) is 13.1 Å². The first kappa shape index (κ1) is 39.0. The predicted molar refractivity (Wildman–Crippen MR) is 207 cm³/mol. The maximum Gasteiger partial charge on any atom is 0.315 e. The van der Waals surface area contributed by atoms with E-state index in [4.69, 9.17) is 0 Å². The number of nitrogens with one attached hydrogen (secondary N) is 5. The topological polar surface area (TPSA) is 166 Å². The van der Waals surface area contributed by atoms with Gasteiger partial charge in [0.2, 0.25) is 23.5 Å². The minimum Gasteiger partial charge on any atom is -0.350 e. The maximum absolute atomic E-state index is 14.8. The van der Waals surface area contributed by atoms with E-state index in [9.17, 15) is 28.8 Å². The normalized spacial score (nSPS) is 31.0. The van der Waals surface area contributed by atoms with E-state index in [1.54, 1.807) is 11.0 Å². The summed E-state index contributed by atoms with van der Waals surface area (Å²) in [6.45, 7) is 8.21. The lowest BCUT2D eigenvalue weighted by Gasteiger charge is -2.56.